The van der Waals surface area contributed by atoms with E-state index in [1.54, 1.807) is 4.90 Å². The summed E-state index contributed by atoms with van der Waals surface area (Å²) in [4.78, 5) is 14.6. The largest absolute Gasteiger partial charge is 0.326 e. The topological polar surface area (TPSA) is 49.6 Å². The van der Waals surface area contributed by atoms with Crippen molar-refractivity contribution >= 4 is 31.2 Å². The van der Waals surface area contributed by atoms with Crippen LogP contribution in [0, 0.1) is 0 Å². The van der Waals surface area contributed by atoms with Crippen molar-refractivity contribution < 1.29 is 4.79 Å². The van der Waals surface area contributed by atoms with Gasteiger partial charge in [0.2, 0.25) is 6.41 Å². The molecule has 1 saturated carbocycles. The maximum absolute atomic E-state index is 10.8. The maximum atomic E-state index is 10.8. The predicted octanol–water partition coefficient (Wildman–Crippen LogP) is 0.689. The second-order valence-corrected chi connectivity index (χ2v) is 4.06. The zero-order chi connectivity index (χ0) is 9.90. The minimum Gasteiger partial charge on any atom is -0.326 e. The second-order valence-electron chi connectivity index (χ2n) is 4.06. The highest BCUT2D eigenvalue weighted by molar-refractivity contribution is 5.85. The number of halogens is 2. The van der Waals surface area contributed by atoms with Crippen LogP contribution < -0.4 is 5.73 Å². The van der Waals surface area contributed by atoms with Gasteiger partial charge in [-0.15, -0.1) is 24.8 Å². The van der Waals surface area contributed by atoms with Crippen molar-refractivity contribution in [3.8, 4) is 0 Å². The van der Waals surface area contributed by atoms with Crippen molar-refractivity contribution in [2.75, 3.05) is 27.2 Å². The number of likely N-dealkylation sites (N-methyl/N-ethyl adjacent to an activating group) is 1. The van der Waals surface area contributed by atoms with Gasteiger partial charge in [0.05, 0.1) is 5.66 Å². The van der Waals surface area contributed by atoms with Gasteiger partial charge in [0.1, 0.15) is 0 Å². The van der Waals surface area contributed by atoms with Gasteiger partial charge in [0, 0.05) is 13.1 Å². The maximum Gasteiger partial charge on any atom is 0.211 e. The van der Waals surface area contributed by atoms with E-state index in [0.29, 0.717) is 0 Å². The summed E-state index contributed by atoms with van der Waals surface area (Å²) >= 11 is 0. The van der Waals surface area contributed by atoms with Crippen LogP contribution in [0.4, 0.5) is 0 Å². The van der Waals surface area contributed by atoms with Crippen LogP contribution >= 0.6 is 24.8 Å². The van der Waals surface area contributed by atoms with Crippen molar-refractivity contribution in [1.82, 2.24) is 9.80 Å². The van der Waals surface area contributed by atoms with Crippen LogP contribution in [0.2, 0.25) is 0 Å². The Balaban J connectivity index is 0. The highest BCUT2D eigenvalue weighted by Gasteiger charge is 2.37. The number of carbonyl (C=O) groups is 1. The van der Waals surface area contributed by atoms with Crippen molar-refractivity contribution in [3.05, 3.63) is 0 Å². The van der Waals surface area contributed by atoms with E-state index >= 15 is 0 Å². The van der Waals surface area contributed by atoms with Crippen LogP contribution in [-0.2, 0) is 4.79 Å². The fourth-order valence-electron chi connectivity index (χ4n) is 1.51. The van der Waals surface area contributed by atoms with Gasteiger partial charge < -0.3 is 15.5 Å². The lowest BCUT2D eigenvalue weighted by Gasteiger charge is -2.45. The van der Waals surface area contributed by atoms with Gasteiger partial charge in [-0.25, -0.2) is 0 Å². The fourth-order valence-corrected chi connectivity index (χ4v) is 1.51. The van der Waals surface area contributed by atoms with Gasteiger partial charge in [-0.2, -0.15) is 0 Å². The first-order valence-corrected chi connectivity index (χ1v) is 4.74. The molecule has 0 radical (unpaired) electrons. The molecule has 0 aromatic heterocycles. The number of rotatable bonds is 5. The van der Waals surface area contributed by atoms with Gasteiger partial charge in [-0.05, 0) is 33.4 Å². The highest BCUT2D eigenvalue weighted by atomic mass is 35.5. The quantitative estimate of drug-likeness (QED) is 0.583. The molecule has 1 aliphatic rings. The Kier molecular flexibility index (Phi) is 8.43. The molecule has 1 rings (SSSR count). The molecule has 4 nitrogen and oxygen atoms in total. The molecular formula is C9H21Cl2N3O. The van der Waals surface area contributed by atoms with E-state index < -0.39 is 0 Å². The van der Waals surface area contributed by atoms with Gasteiger partial charge >= 0.3 is 0 Å². The predicted molar refractivity (Wildman–Crippen MR) is 66.6 cm³/mol. The second kappa shape index (κ2) is 7.28. The Morgan fingerprint density at radius 2 is 1.80 bits per heavy atom. The van der Waals surface area contributed by atoms with E-state index in [1.807, 2.05) is 14.1 Å². The van der Waals surface area contributed by atoms with Gasteiger partial charge in [0.25, 0.3) is 0 Å². The third-order valence-corrected chi connectivity index (χ3v) is 2.71. The van der Waals surface area contributed by atoms with Crippen molar-refractivity contribution in [3.63, 3.8) is 0 Å². The molecule has 15 heavy (non-hydrogen) atoms. The van der Waals surface area contributed by atoms with Crippen LogP contribution in [0.5, 0.6) is 0 Å². The van der Waals surface area contributed by atoms with Crippen LogP contribution in [-0.4, -0.2) is 49.1 Å². The first-order chi connectivity index (χ1) is 6.08. The van der Waals surface area contributed by atoms with E-state index in [-0.39, 0.29) is 30.5 Å². The lowest BCUT2D eigenvalue weighted by molar-refractivity contribution is -0.127. The molecule has 2 N–H and O–H groups in total. The lowest BCUT2D eigenvalue weighted by atomic mass is 9.84. The number of nitrogens with two attached hydrogens (primary N) is 1. The Labute approximate surface area is 104 Å². The Morgan fingerprint density at radius 3 is 2.07 bits per heavy atom. The van der Waals surface area contributed by atoms with Crippen molar-refractivity contribution in [2.24, 2.45) is 5.73 Å². The first kappa shape index (κ1) is 17.4. The number of hydrogen-bond acceptors (Lipinski definition) is 3. The molecule has 0 saturated heterocycles. The van der Waals surface area contributed by atoms with Crippen molar-refractivity contribution in [1.29, 1.82) is 0 Å². The zero-order valence-electron chi connectivity index (χ0n) is 9.31. The third kappa shape index (κ3) is 4.55. The van der Waals surface area contributed by atoms with Gasteiger partial charge in [-0.3, -0.25) is 4.79 Å². The molecule has 1 fully saturated rings. The first-order valence-electron chi connectivity index (χ1n) is 4.74. The molecule has 0 atom stereocenters. The minimum atomic E-state index is -0.336. The average molecular weight is 258 g/mol. The van der Waals surface area contributed by atoms with Crippen LogP contribution in [0.15, 0.2) is 0 Å². The smallest absolute Gasteiger partial charge is 0.211 e. The summed E-state index contributed by atoms with van der Waals surface area (Å²) in [6, 6.07) is 0. The van der Waals surface area contributed by atoms with Crippen LogP contribution in [0.25, 0.3) is 0 Å². The molecule has 1 aliphatic carbocycles. The SMILES string of the molecule is CN(C)CCN(C=O)C1(N)CCC1.Cl.Cl. The highest BCUT2D eigenvalue weighted by Crippen LogP contribution is 2.31. The molecule has 92 valence electrons. The summed E-state index contributed by atoms with van der Waals surface area (Å²) in [7, 11) is 3.99. The molecule has 0 aliphatic heterocycles. The standard InChI is InChI=1S/C9H19N3O.2ClH/c1-11(2)6-7-12(8-13)9(10)4-3-5-9;;/h8H,3-7,10H2,1-2H3;2*1H. The summed E-state index contributed by atoms with van der Waals surface area (Å²) in [5.74, 6) is 0. The number of carbonyl (C=O) groups excluding carboxylic acids is 1. The minimum absolute atomic E-state index is 0. The number of nitrogens with zero attached hydrogens (tertiary/aromatic N) is 2. The molecule has 0 unspecified atom stereocenters. The molecule has 0 aromatic rings. The molecule has 0 aromatic carbocycles. The third-order valence-electron chi connectivity index (χ3n) is 2.71. The van der Waals surface area contributed by atoms with E-state index in [2.05, 4.69) is 4.90 Å². The summed E-state index contributed by atoms with van der Waals surface area (Å²) in [6.07, 6.45) is 3.91. The lowest BCUT2D eigenvalue weighted by Crippen LogP contribution is -2.61. The summed E-state index contributed by atoms with van der Waals surface area (Å²) in [5.41, 5.74) is 5.68. The number of amides is 1. The Hall–Kier alpha value is -0.0300. The Bertz CT molecular complexity index is 186. The summed E-state index contributed by atoms with van der Waals surface area (Å²) in [5, 5.41) is 0. The van der Waals surface area contributed by atoms with E-state index in [0.717, 1.165) is 38.8 Å². The fraction of sp³-hybridized carbons (Fsp3) is 0.889. The Morgan fingerprint density at radius 1 is 1.27 bits per heavy atom. The molecule has 0 heterocycles. The monoisotopic (exact) mass is 257 g/mol. The van der Waals surface area contributed by atoms with Crippen LogP contribution in [0.3, 0.4) is 0 Å². The van der Waals surface area contributed by atoms with Crippen LogP contribution in [0.1, 0.15) is 19.3 Å². The van der Waals surface area contributed by atoms with Crippen molar-refractivity contribution in [2.45, 2.75) is 24.9 Å². The average Bonchev–Trinajstić information content (AvgIpc) is 2.01. The summed E-state index contributed by atoms with van der Waals surface area (Å²) in [6.45, 7) is 1.60. The molecule has 6 heteroatoms. The van der Waals surface area contributed by atoms with Gasteiger partial charge in [-0.1, -0.05) is 0 Å². The zero-order valence-corrected chi connectivity index (χ0v) is 10.9. The normalized spacial score (nSPS) is 17.1. The molecule has 0 bridgehead atoms. The molecule has 1 amide bonds. The number of hydrogen-bond donors (Lipinski definition) is 1. The molecule has 0 spiro atoms. The summed E-state index contributed by atoms with van der Waals surface area (Å²) < 4.78 is 0. The van der Waals surface area contributed by atoms with E-state index in [9.17, 15) is 4.79 Å². The molecular weight excluding hydrogens is 237 g/mol. The van der Waals surface area contributed by atoms with Gasteiger partial charge in [0.15, 0.2) is 0 Å². The van der Waals surface area contributed by atoms with E-state index in [4.69, 9.17) is 5.73 Å². The van der Waals surface area contributed by atoms with E-state index in [1.165, 1.54) is 0 Å².